The summed E-state index contributed by atoms with van der Waals surface area (Å²) in [6.07, 6.45) is 6.26. The lowest BCUT2D eigenvalue weighted by Crippen LogP contribution is -2.24. The molecule has 0 fully saturated rings. The van der Waals surface area contributed by atoms with Crippen LogP contribution in [0.2, 0.25) is 0 Å². The average molecular weight is 169 g/mol. The van der Waals surface area contributed by atoms with E-state index in [1.807, 2.05) is 0 Å². The molecule has 68 valence electrons. The lowest BCUT2D eigenvalue weighted by Gasteiger charge is -2.04. The van der Waals surface area contributed by atoms with Crippen molar-refractivity contribution in [3.05, 3.63) is 0 Å². The van der Waals surface area contributed by atoms with Crippen LogP contribution in [0.4, 0.5) is 0 Å². The SMILES string of the molecule is C#CCC(=O)NCCCC(C)O. The highest BCUT2D eigenvalue weighted by molar-refractivity contribution is 5.78. The summed E-state index contributed by atoms with van der Waals surface area (Å²) in [7, 11) is 0. The summed E-state index contributed by atoms with van der Waals surface area (Å²) in [6.45, 7) is 2.31. The monoisotopic (exact) mass is 169 g/mol. The van der Waals surface area contributed by atoms with E-state index in [1.165, 1.54) is 0 Å². The molecule has 0 aromatic rings. The Bertz CT molecular complexity index is 170. The molecule has 0 bridgehead atoms. The Kier molecular flexibility index (Phi) is 6.12. The number of carbonyl (C=O) groups is 1. The third-order valence-corrected chi connectivity index (χ3v) is 1.38. The van der Waals surface area contributed by atoms with Crippen LogP contribution in [0.3, 0.4) is 0 Å². The van der Waals surface area contributed by atoms with Gasteiger partial charge in [0.25, 0.3) is 0 Å². The van der Waals surface area contributed by atoms with Crippen LogP contribution < -0.4 is 5.32 Å². The largest absolute Gasteiger partial charge is 0.393 e. The maximum atomic E-state index is 10.8. The maximum absolute atomic E-state index is 10.8. The number of aliphatic hydroxyl groups is 1. The molecule has 0 aromatic heterocycles. The normalized spacial score (nSPS) is 11.8. The summed E-state index contributed by atoms with van der Waals surface area (Å²) in [4.78, 5) is 10.8. The minimum atomic E-state index is -0.297. The van der Waals surface area contributed by atoms with E-state index in [2.05, 4.69) is 11.2 Å². The predicted octanol–water partition coefficient (Wildman–Crippen LogP) is 0.287. The van der Waals surface area contributed by atoms with Crippen molar-refractivity contribution in [1.82, 2.24) is 5.32 Å². The zero-order valence-corrected chi connectivity index (χ0v) is 7.34. The van der Waals surface area contributed by atoms with Crippen LogP contribution in [0.25, 0.3) is 0 Å². The van der Waals surface area contributed by atoms with Gasteiger partial charge in [0.1, 0.15) is 0 Å². The summed E-state index contributed by atoms with van der Waals surface area (Å²) >= 11 is 0. The highest BCUT2D eigenvalue weighted by Gasteiger charge is 1.98. The number of nitrogens with one attached hydrogen (secondary N) is 1. The first kappa shape index (κ1) is 11.0. The molecule has 0 rings (SSSR count). The predicted molar refractivity (Wildman–Crippen MR) is 47.4 cm³/mol. The Hall–Kier alpha value is -1.01. The summed E-state index contributed by atoms with van der Waals surface area (Å²) in [5.41, 5.74) is 0. The van der Waals surface area contributed by atoms with Crippen LogP contribution in [0.15, 0.2) is 0 Å². The van der Waals surface area contributed by atoms with Gasteiger partial charge in [-0.1, -0.05) is 5.92 Å². The Labute approximate surface area is 73.2 Å². The van der Waals surface area contributed by atoms with Crippen LogP contribution in [-0.4, -0.2) is 23.7 Å². The van der Waals surface area contributed by atoms with E-state index in [9.17, 15) is 4.79 Å². The number of hydrogen-bond donors (Lipinski definition) is 2. The van der Waals surface area contributed by atoms with Crippen LogP contribution in [0, 0.1) is 12.3 Å². The standard InChI is InChI=1S/C9H15NO2/c1-3-5-9(12)10-7-4-6-8(2)11/h1,8,11H,4-7H2,2H3,(H,10,12). The third kappa shape index (κ3) is 7.10. The van der Waals surface area contributed by atoms with Crippen molar-refractivity contribution in [2.45, 2.75) is 32.3 Å². The fourth-order valence-corrected chi connectivity index (χ4v) is 0.780. The van der Waals surface area contributed by atoms with Crippen molar-refractivity contribution in [2.75, 3.05) is 6.54 Å². The zero-order valence-electron chi connectivity index (χ0n) is 7.34. The average Bonchev–Trinajstić information content (AvgIpc) is 1.98. The molecule has 0 aliphatic heterocycles. The van der Waals surface area contributed by atoms with E-state index >= 15 is 0 Å². The zero-order chi connectivity index (χ0) is 9.40. The molecule has 0 heterocycles. The number of hydrogen-bond acceptors (Lipinski definition) is 2. The van der Waals surface area contributed by atoms with Gasteiger partial charge in [-0.05, 0) is 19.8 Å². The van der Waals surface area contributed by atoms with Crippen molar-refractivity contribution in [2.24, 2.45) is 0 Å². The van der Waals surface area contributed by atoms with Crippen LogP contribution in [0.5, 0.6) is 0 Å². The molecule has 3 heteroatoms. The van der Waals surface area contributed by atoms with Crippen LogP contribution in [0.1, 0.15) is 26.2 Å². The molecule has 0 aliphatic rings. The van der Waals surface area contributed by atoms with E-state index in [1.54, 1.807) is 6.92 Å². The lowest BCUT2D eigenvalue weighted by atomic mass is 10.2. The molecular weight excluding hydrogens is 154 g/mol. The molecule has 0 radical (unpaired) electrons. The van der Waals surface area contributed by atoms with E-state index in [-0.39, 0.29) is 18.4 Å². The summed E-state index contributed by atoms with van der Waals surface area (Å²) in [6, 6.07) is 0. The minimum Gasteiger partial charge on any atom is -0.393 e. The Balaban J connectivity index is 3.21. The first-order valence-electron chi connectivity index (χ1n) is 4.05. The molecule has 1 unspecified atom stereocenters. The Morgan fingerprint density at radius 1 is 1.75 bits per heavy atom. The van der Waals surface area contributed by atoms with E-state index in [0.29, 0.717) is 13.0 Å². The van der Waals surface area contributed by atoms with Gasteiger partial charge in [-0.2, -0.15) is 0 Å². The molecule has 0 saturated heterocycles. The van der Waals surface area contributed by atoms with E-state index in [4.69, 9.17) is 11.5 Å². The molecule has 0 saturated carbocycles. The van der Waals surface area contributed by atoms with Gasteiger partial charge < -0.3 is 10.4 Å². The van der Waals surface area contributed by atoms with Crippen molar-refractivity contribution < 1.29 is 9.90 Å². The molecule has 0 aromatic carbocycles. The number of terminal acetylenes is 1. The summed E-state index contributed by atoms with van der Waals surface area (Å²) in [5, 5.41) is 11.5. The highest BCUT2D eigenvalue weighted by Crippen LogP contribution is 1.93. The number of rotatable bonds is 5. The molecular formula is C9H15NO2. The summed E-state index contributed by atoms with van der Waals surface area (Å²) in [5.74, 6) is 2.13. The number of carbonyl (C=O) groups excluding carboxylic acids is 1. The van der Waals surface area contributed by atoms with Gasteiger partial charge in [0.05, 0.1) is 12.5 Å². The second-order valence-corrected chi connectivity index (χ2v) is 2.72. The fourth-order valence-electron chi connectivity index (χ4n) is 0.780. The minimum absolute atomic E-state index is 0.122. The smallest absolute Gasteiger partial charge is 0.232 e. The van der Waals surface area contributed by atoms with E-state index < -0.39 is 0 Å². The second kappa shape index (κ2) is 6.68. The van der Waals surface area contributed by atoms with Gasteiger partial charge >= 0.3 is 0 Å². The Morgan fingerprint density at radius 2 is 2.42 bits per heavy atom. The van der Waals surface area contributed by atoms with E-state index in [0.717, 1.165) is 6.42 Å². The first-order chi connectivity index (χ1) is 5.66. The third-order valence-electron chi connectivity index (χ3n) is 1.38. The molecule has 2 N–H and O–H groups in total. The fraction of sp³-hybridized carbons (Fsp3) is 0.667. The molecule has 12 heavy (non-hydrogen) atoms. The first-order valence-corrected chi connectivity index (χ1v) is 4.05. The number of amides is 1. The summed E-state index contributed by atoms with van der Waals surface area (Å²) < 4.78 is 0. The Morgan fingerprint density at radius 3 is 2.92 bits per heavy atom. The van der Waals surface area contributed by atoms with Crippen molar-refractivity contribution in [3.8, 4) is 12.3 Å². The number of aliphatic hydroxyl groups excluding tert-OH is 1. The molecule has 0 spiro atoms. The second-order valence-electron chi connectivity index (χ2n) is 2.72. The molecule has 1 atom stereocenters. The van der Waals surface area contributed by atoms with Gasteiger partial charge in [-0.3, -0.25) is 4.79 Å². The highest BCUT2D eigenvalue weighted by atomic mass is 16.3. The molecule has 1 amide bonds. The van der Waals surface area contributed by atoms with Crippen LogP contribution in [-0.2, 0) is 4.79 Å². The lowest BCUT2D eigenvalue weighted by molar-refractivity contribution is -0.120. The van der Waals surface area contributed by atoms with Gasteiger partial charge in [-0.15, -0.1) is 6.42 Å². The van der Waals surface area contributed by atoms with Crippen LogP contribution >= 0.6 is 0 Å². The van der Waals surface area contributed by atoms with Gasteiger partial charge in [-0.25, -0.2) is 0 Å². The topological polar surface area (TPSA) is 49.3 Å². The van der Waals surface area contributed by atoms with Crippen molar-refractivity contribution in [3.63, 3.8) is 0 Å². The quantitative estimate of drug-likeness (QED) is 0.459. The molecule has 3 nitrogen and oxygen atoms in total. The van der Waals surface area contributed by atoms with Crippen molar-refractivity contribution >= 4 is 5.91 Å². The van der Waals surface area contributed by atoms with Gasteiger partial charge in [0.2, 0.25) is 5.91 Å². The van der Waals surface area contributed by atoms with Gasteiger partial charge in [0.15, 0.2) is 0 Å². The molecule has 0 aliphatic carbocycles. The van der Waals surface area contributed by atoms with Crippen molar-refractivity contribution in [1.29, 1.82) is 0 Å². The van der Waals surface area contributed by atoms with Gasteiger partial charge in [0, 0.05) is 6.54 Å². The maximum Gasteiger partial charge on any atom is 0.232 e.